The second-order valence-electron chi connectivity index (χ2n) is 14.6. The van der Waals surface area contributed by atoms with Gasteiger partial charge in [-0.05, 0) is 122 Å². The lowest BCUT2D eigenvalue weighted by atomic mass is 9.32. The summed E-state index contributed by atoms with van der Waals surface area (Å²) < 4.78 is 0. The van der Waals surface area contributed by atoms with Gasteiger partial charge in [0.25, 0.3) is 0 Å². The third kappa shape index (κ3) is 2.62. The highest BCUT2D eigenvalue weighted by Crippen LogP contribution is 2.77. The summed E-state index contributed by atoms with van der Waals surface area (Å²) in [4.78, 5) is 0. The molecule has 0 aliphatic heterocycles. The van der Waals surface area contributed by atoms with Crippen molar-refractivity contribution in [2.75, 3.05) is 0 Å². The van der Waals surface area contributed by atoms with Crippen LogP contribution in [0.3, 0.4) is 0 Å². The van der Waals surface area contributed by atoms with Crippen LogP contribution >= 0.6 is 0 Å². The first-order chi connectivity index (χ1) is 14.8. The van der Waals surface area contributed by atoms with Gasteiger partial charge in [-0.1, -0.05) is 58.9 Å². The van der Waals surface area contributed by atoms with Crippen molar-refractivity contribution in [1.29, 1.82) is 0 Å². The van der Waals surface area contributed by atoms with E-state index < -0.39 is 0 Å². The second kappa shape index (κ2) is 6.88. The highest BCUT2D eigenvalue weighted by molar-refractivity contribution is 5.90. The van der Waals surface area contributed by atoms with Gasteiger partial charge in [-0.15, -0.1) is 0 Å². The third-order valence-electron chi connectivity index (χ3n) is 13.4. The largest absolute Gasteiger partial charge is 0.411 e. The lowest BCUT2D eigenvalue weighted by Crippen LogP contribution is -2.66. The third-order valence-corrected chi connectivity index (χ3v) is 13.4. The van der Waals surface area contributed by atoms with Crippen molar-refractivity contribution in [2.45, 2.75) is 113 Å². The van der Waals surface area contributed by atoms with Gasteiger partial charge in [0.1, 0.15) is 0 Å². The maximum atomic E-state index is 9.74. The average molecular weight is 440 g/mol. The quantitative estimate of drug-likeness (QED) is 0.248. The Morgan fingerprint density at radius 3 is 2.22 bits per heavy atom. The van der Waals surface area contributed by atoms with E-state index in [1.54, 1.807) is 0 Å². The minimum Gasteiger partial charge on any atom is -0.411 e. The van der Waals surface area contributed by atoms with Crippen LogP contribution in [0.5, 0.6) is 0 Å². The van der Waals surface area contributed by atoms with Crippen LogP contribution in [0.1, 0.15) is 113 Å². The van der Waals surface area contributed by atoms with E-state index in [9.17, 15) is 5.21 Å². The molecule has 0 aromatic heterocycles. The van der Waals surface area contributed by atoms with Gasteiger partial charge < -0.3 is 5.21 Å². The molecule has 0 spiro atoms. The first-order valence-corrected chi connectivity index (χ1v) is 13.7. The summed E-state index contributed by atoms with van der Waals surface area (Å²) in [6.07, 6.45) is 13.3. The lowest BCUT2D eigenvalue weighted by Gasteiger charge is -2.72. The Morgan fingerprint density at radius 2 is 1.56 bits per heavy atom. The Kier molecular flexibility index (Phi) is 4.94. The minimum absolute atomic E-state index is 0.0163. The summed E-state index contributed by atoms with van der Waals surface area (Å²) in [5.41, 5.74) is 4.29. The van der Waals surface area contributed by atoms with Gasteiger partial charge in [0.05, 0.1) is 5.71 Å². The van der Waals surface area contributed by atoms with Crippen LogP contribution in [-0.4, -0.2) is 10.9 Å². The van der Waals surface area contributed by atoms with E-state index in [1.807, 2.05) is 0 Å². The number of allylic oxidation sites excluding steroid dienone is 1. The SMILES string of the molecule is C=C(C)[C@@H]1CC[C@]2(C)CC[C@]3(C)[C@H](CC[C@H]4[C@@]5(C)CCC(=NO)C(C)(C)[C@@H]5CC[C@]43C)[C@H]12. The van der Waals surface area contributed by atoms with Crippen molar-refractivity contribution >= 4 is 5.71 Å². The molecule has 0 aromatic carbocycles. The Balaban J connectivity index is 1.54. The normalized spacial score (nSPS) is 55.5. The molecule has 0 amide bonds. The Morgan fingerprint density at radius 1 is 0.844 bits per heavy atom. The molecule has 0 saturated heterocycles. The summed E-state index contributed by atoms with van der Waals surface area (Å²) in [6, 6.07) is 0. The average Bonchev–Trinajstić information content (AvgIpc) is 3.06. The van der Waals surface area contributed by atoms with Gasteiger partial charge in [-0.3, -0.25) is 0 Å². The predicted octanol–water partition coefficient (Wildman–Crippen LogP) is 8.49. The molecular formula is C30H49NO. The highest BCUT2D eigenvalue weighted by Gasteiger charge is 2.70. The lowest BCUT2D eigenvalue weighted by molar-refractivity contribution is -0.226. The molecule has 2 nitrogen and oxygen atoms in total. The van der Waals surface area contributed by atoms with E-state index in [1.165, 1.54) is 63.4 Å². The smallest absolute Gasteiger partial charge is 0.0630 e. The molecule has 0 aromatic rings. The van der Waals surface area contributed by atoms with Gasteiger partial charge in [0.15, 0.2) is 0 Å². The maximum absolute atomic E-state index is 9.74. The molecule has 0 bridgehead atoms. The first-order valence-electron chi connectivity index (χ1n) is 13.7. The zero-order valence-electron chi connectivity index (χ0n) is 22.1. The van der Waals surface area contributed by atoms with Crippen molar-refractivity contribution in [2.24, 2.45) is 61.8 Å². The van der Waals surface area contributed by atoms with Crippen molar-refractivity contribution < 1.29 is 5.21 Å². The molecular weight excluding hydrogens is 390 g/mol. The fourth-order valence-electron chi connectivity index (χ4n) is 11.5. The summed E-state index contributed by atoms with van der Waals surface area (Å²) >= 11 is 0. The maximum Gasteiger partial charge on any atom is 0.0630 e. The van der Waals surface area contributed by atoms with Crippen molar-refractivity contribution in [1.82, 2.24) is 0 Å². The Hall–Kier alpha value is -0.790. The molecule has 9 atom stereocenters. The molecule has 5 rings (SSSR count). The monoisotopic (exact) mass is 439 g/mol. The molecule has 1 N–H and O–H groups in total. The van der Waals surface area contributed by atoms with Crippen LogP contribution in [0, 0.1) is 56.7 Å². The van der Waals surface area contributed by atoms with E-state index in [2.05, 4.69) is 60.2 Å². The number of fused-ring (bicyclic) bond motifs is 7. The zero-order valence-corrected chi connectivity index (χ0v) is 22.1. The van der Waals surface area contributed by atoms with Crippen LogP contribution in [0.15, 0.2) is 17.3 Å². The predicted molar refractivity (Wildman–Crippen MR) is 134 cm³/mol. The van der Waals surface area contributed by atoms with Gasteiger partial charge in [0, 0.05) is 5.41 Å². The molecule has 32 heavy (non-hydrogen) atoms. The number of nitrogens with zero attached hydrogens (tertiary/aromatic N) is 1. The van der Waals surface area contributed by atoms with Gasteiger partial charge >= 0.3 is 0 Å². The fraction of sp³-hybridized carbons (Fsp3) is 0.900. The van der Waals surface area contributed by atoms with Crippen molar-refractivity contribution in [3.63, 3.8) is 0 Å². The van der Waals surface area contributed by atoms with E-state index in [0.717, 1.165) is 35.8 Å². The molecule has 180 valence electrons. The van der Waals surface area contributed by atoms with Crippen LogP contribution in [0.2, 0.25) is 0 Å². The molecule has 5 aliphatic carbocycles. The molecule has 5 aliphatic rings. The summed E-state index contributed by atoms with van der Waals surface area (Å²) in [5, 5.41) is 13.5. The first kappa shape index (κ1) is 23.0. The highest BCUT2D eigenvalue weighted by atomic mass is 16.4. The fourth-order valence-corrected chi connectivity index (χ4v) is 11.5. The minimum atomic E-state index is 0.0163. The summed E-state index contributed by atoms with van der Waals surface area (Å²) in [5.74, 6) is 3.88. The molecule has 5 fully saturated rings. The van der Waals surface area contributed by atoms with E-state index in [-0.39, 0.29) is 5.41 Å². The number of rotatable bonds is 1. The number of hydrogen-bond donors (Lipinski definition) is 1. The zero-order chi connectivity index (χ0) is 23.3. The topological polar surface area (TPSA) is 32.6 Å². The summed E-state index contributed by atoms with van der Waals surface area (Å²) in [7, 11) is 0. The van der Waals surface area contributed by atoms with Gasteiger partial charge in [-0.2, -0.15) is 0 Å². The molecule has 0 heterocycles. The molecule has 0 radical (unpaired) electrons. The van der Waals surface area contributed by atoms with Crippen molar-refractivity contribution in [3.8, 4) is 0 Å². The van der Waals surface area contributed by atoms with Crippen LogP contribution in [-0.2, 0) is 0 Å². The van der Waals surface area contributed by atoms with Crippen LogP contribution < -0.4 is 0 Å². The molecule has 2 heteroatoms. The number of hydrogen-bond acceptors (Lipinski definition) is 2. The van der Waals surface area contributed by atoms with Gasteiger partial charge in [0.2, 0.25) is 0 Å². The van der Waals surface area contributed by atoms with Crippen molar-refractivity contribution in [3.05, 3.63) is 12.2 Å². The number of oxime groups is 1. The van der Waals surface area contributed by atoms with Gasteiger partial charge in [-0.25, -0.2) is 0 Å². The standard InChI is InChI=1S/C30H49NO/c1-19(2)20-11-14-27(5)17-18-29(7)21(25(20)27)9-10-23-28(6)15-13-24(31-32)26(3,4)22(28)12-16-30(23,29)8/h20-23,25,32H,1,9-18H2,2-8H3/t20-,21+,22-,23-,25-,27+,28-,29+,30+/m0/s1. The Labute approximate surface area is 197 Å². The van der Waals surface area contributed by atoms with Crippen LogP contribution in [0.4, 0.5) is 0 Å². The van der Waals surface area contributed by atoms with E-state index in [0.29, 0.717) is 27.6 Å². The van der Waals surface area contributed by atoms with E-state index >= 15 is 0 Å². The second-order valence-corrected chi connectivity index (χ2v) is 14.6. The Bertz CT molecular complexity index is 842. The molecule has 0 unspecified atom stereocenters. The molecule has 5 saturated carbocycles. The van der Waals surface area contributed by atoms with E-state index in [4.69, 9.17) is 0 Å². The van der Waals surface area contributed by atoms with Crippen LogP contribution in [0.25, 0.3) is 0 Å². The summed E-state index contributed by atoms with van der Waals surface area (Å²) in [6.45, 7) is 22.2.